The maximum atomic E-state index is 12.7. The molecule has 0 aliphatic heterocycles. The van der Waals surface area contributed by atoms with Crippen LogP contribution in [-0.2, 0) is 0 Å². The molecule has 0 aliphatic carbocycles. The van der Waals surface area contributed by atoms with E-state index in [0.29, 0.717) is 11.1 Å². The van der Waals surface area contributed by atoms with Crippen molar-refractivity contribution in [1.29, 1.82) is 0 Å². The first-order chi connectivity index (χ1) is 16.2. The summed E-state index contributed by atoms with van der Waals surface area (Å²) in [6.07, 6.45) is 15.5. The van der Waals surface area contributed by atoms with E-state index in [1.807, 2.05) is 30.3 Å². The van der Waals surface area contributed by atoms with Gasteiger partial charge in [-0.05, 0) is 37.1 Å². The topological polar surface area (TPSA) is 37.4 Å². The van der Waals surface area contributed by atoms with Gasteiger partial charge in [-0.1, -0.05) is 108 Å². The molecule has 0 fully saturated rings. The Morgan fingerprint density at radius 1 is 0.545 bits per heavy atom. The largest absolute Gasteiger partial charge is 0.372 e. The summed E-state index contributed by atoms with van der Waals surface area (Å²) in [6, 6.07) is 16.5. The quantitative estimate of drug-likeness (QED) is 0.130. The highest BCUT2D eigenvalue weighted by atomic mass is 16.2. The molecule has 0 radical (unpaired) electrons. The zero-order valence-corrected chi connectivity index (χ0v) is 20.9. The van der Waals surface area contributed by atoms with Crippen molar-refractivity contribution in [2.75, 3.05) is 18.0 Å². The molecule has 2 aromatic rings. The molecule has 0 unspecified atom stereocenters. The highest BCUT2D eigenvalue weighted by Crippen LogP contribution is 2.19. The maximum Gasteiger partial charge on any atom is 0.233 e. The SMILES string of the molecule is CCCCCCCCN(CCCCCCCC)c1ccc(C(=O)C(=O)c2ccccc2)cc1. The van der Waals surface area contributed by atoms with E-state index in [0.717, 1.165) is 18.8 Å². The van der Waals surface area contributed by atoms with E-state index in [9.17, 15) is 9.59 Å². The van der Waals surface area contributed by atoms with Crippen molar-refractivity contribution in [3.05, 3.63) is 65.7 Å². The highest BCUT2D eigenvalue weighted by Gasteiger charge is 2.18. The molecule has 3 heteroatoms. The molecular formula is C30H43NO2. The number of ketones is 2. The average molecular weight is 450 g/mol. The third-order valence-electron chi connectivity index (χ3n) is 6.30. The van der Waals surface area contributed by atoms with Crippen LogP contribution < -0.4 is 4.90 Å². The Hall–Kier alpha value is -2.42. The molecule has 0 atom stereocenters. The molecule has 33 heavy (non-hydrogen) atoms. The Kier molecular flexibility index (Phi) is 13.2. The van der Waals surface area contributed by atoms with Crippen LogP contribution in [-0.4, -0.2) is 24.7 Å². The summed E-state index contributed by atoms with van der Waals surface area (Å²) >= 11 is 0. The van der Waals surface area contributed by atoms with Crippen LogP contribution in [0.1, 0.15) is 112 Å². The predicted octanol–water partition coefficient (Wildman–Crippen LogP) is 8.28. The third kappa shape index (κ3) is 9.94. The summed E-state index contributed by atoms with van der Waals surface area (Å²) in [5.41, 5.74) is 2.06. The number of rotatable bonds is 18. The summed E-state index contributed by atoms with van der Waals surface area (Å²) in [5.74, 6) is -0.884. The molecule has 0 spiro atoms. The first kappa shape index (κ1) is 26.8. The minimum Gasteiger partial charge on any atom is -0.372 e. The van der Waals surface area contributed by atoms with Gasteiger partial charge in [0.15, 0.2) is 0 Å². The van der Waals surface area contributed by atoms with Gasteiger partial charge in [0, 0.05) is 29.9 Å². The lowest BCUT2D eigenvalue weighted by molar-refractivity contribution is 0.0817. The van der Waals surface area contributed by atoms with E-state index in [1.165, 1.54) is 77.0 Å². The van der Waals surface area contributed by atoms with E-state index in [1.54, 1.807) is 24.3 Å². The Balaban J connectivity index is 1.95. The fourth-order valence-electron chi connectivity index (χ4n) is 4.21. The van der Waals surface area contributed by atoms with Crippen LogP contribution in [0.15, 0.2) is 54.6 Å². The monoisotopic (exact) mass is 449 g/mol. The van der Waals surface area contributed by atoms with E-state index in [4.69, 9.17) is 0 Å². The van der Waals surface area contributed by atoms with Gasteiger partial charge in [0.25, 0.3) is 0 Å². The normalized spacial score (nSPS) is 10.8. The Morgan fingerprint density at radius 2 is 0.970 bits per heavy atom. The van der Waals surface area contributed by atoms with E-state index < -0.39 is 11.6 Å². The van der Waals surface area contributed by atoms with Crippen molar-refractivity contribution in [2.24, 2.45) is 0 Å². The molecule has 0 heterocycles. The van der Waals surface area contributed by atoms with Crippen molar-refractivity contribution in [3.8, 4) is 0 Å². The van der Waals surface area contributed by atoms with Gasteiger partial charge in [-0.3, -0.25) is 9.59 Å². The van der Waals surface area contributed by atoms with E-state index >= 15 is 0 Å². The Morgan fingerprint density at radius 3 is 1.45 bits per heavy atom. The smallest absolute Gasteiger partial charge is 0.233 e. The number of carbonyl (C=O) groups excluding carboxylic acids is 2. The van der Waals surface area contributed by atoms with Gasteiger partial charge in [-0.25, -0.2) is 0 Å². The lowest BCUT2D eigenvalue weighted by atomic mass is 10.0. The first-order valence-corrected chi connectivity index (χ1v) is 13.2. The number of benzene rings is 2. The lowest BCUT2D eigenvalue weighted by Gasteiger charge is -2.25. The van der Waals surface area contributed by atoms with Gasteiger partial charge in [-0.15, -0.1) is 0 Å². The zero-order chi connectivity index (χ0) is 23.7. The fraction of sp³-hybridized carbons (Fsp3) is 0.533. The number of anilines is 1. The maximum absolute atomic E-state index is 12.7. The highest BCUT2D eigenvalue weighted by molar-refractivity contribution is 6.49. The first-order valence-electron chi connectivity index (χ1n) is 13.2. The van der Waals surface area contributed by atoms with Crippen molar-refractivity contribution in [2.45, 2.75) is 90.9 Å². The van der Waals surface area contributed by atoms with Crippen LogP contribution in [0.25, 0.3) is 0 Å². The molecule has 2 aromatic carbocycles. The van der Waals surface area contributed by atoms with Crippen LogP contribution in [0.3, 0.4) is 0 Å². The third-order valence-corrected chi connectivity index (χ3v) is 6.30. The van der Waals surface area contributed by atoms with Gasteiger partial charge in [0.2, 0.25) is 11.6 Å². The van der Waals surface area contributed by atoms with Crippen LogP contribution in [0, 0.1) is 0 Å². The molecule has 0 aromatic heterocycles. The van der Waals surface area contributed by atoms with Crippen LogP contribution in [0.4, 0.5) is 5.69 Å². The van der Waals surface area contributed by atoms with Gasteiger partial charge < -0.3 is 4.90 Å². The molecule has 0 amide bonds. The summed E-state index contributed by atoms with van der Waals surface area (Å²) in [5, 5.41) is 0. The molecule has 3 nitrogen and oxygen atoms in total. The summed E-state index contributed by atoms with van der Waals surface area (Å²) in [4.78, 5) is 27.6. The van der Waals surface area contributed by atoms with Crippen molar-refractivity contribution >= 4 is 17.3 Å². The van der Waals surface area contributed by atoms with Crippen molar-refractivity contribution < 1.29 is 9.59 Å². The molecule has 0 N–H and O–H groups in total. The van der Waals surface area contributed by atoms with Crippen LogP contribution >= 0.6 is 0 Å². The van der Waals surface area contributed by atoms with Gasteiger partial charge in [0.1, 0.15) is 0 Å². The Labute approximate surface area is 201 Å². The van der Waals surface area contributed by atoms with Crippen molar-refractivity contribution in [3.63, 3.8) is 0 Å². The molecule has 0 aliphatic rings. The van der Waals surface area contributed by atoms with Gasteiger partial charge in [0.05, 0.1) is 0 Å². The zero-order valence-electron chi connectivity index (χ0n) is 20.9. The second kappa shape index (κ2) is 16.2. The number of Topliss-reactive ketones (excluding diaryl/α,β-unsaturated/α-hetero) is 2. The minimum absolute atomic E-state index is 0.439. The standard InChI is InChI=1S/C30H43NO2/c1-3-5-7-9-11-16-24-31(25-17-12-10-8-6-4-2)28-22-20-27(21-23-28)30(33)29(32)26-18-14-13-15-19-26/h13-15,18-23H,3-12,16-17,24-25H2,1-2H3. The van der Waals surface area contributed by atoms with Gasteiger partial charge in [-0.2, -0.15) is 0 Å². The molecule has 0 saturated carbocycles. The second-order valence-electron chi connectivity index (χ2n) is 9.09. The number of hydrogen-bond acceptors (Lipinski definition) is 3. The number of hydrogen-bond donors (Lipinski definition) is 0. The van der Waals surface area contributed by atoms with Crippen LogP contribution in [0.2, 0.25) is 0 Å². The number of unbranched alkanes of at least 4 members (excludes halogenated alkanes) is 10. The summed E-state index contributed by atoms with van der Waals surface area (Å²) in [6.45, 7) is 6.61. The molecule has 0 saturated heterocycles. The second-order valence-corrected chi connectivity index (χ2v) is 9.09. The van der Waals surface area contributed by atoms with E-state index in [2.05, 4.69) is 18.7 Å². The summed E-state index contributed by atoms with van der Waals surface area (Å²) < 4.78 is 0. The summed E-state index contributed by atoms with van der Waals surface area (Å²) in [7, 11) is 0. The Bertz CT molecular complexity index is 782. The van der Waals surface area contributed by atoms with Gasteiger partial charge >= 0.3 is 0 Å². The van der Waals surface area contributed by atoms with Crippen LogP contribution in [0.5, 0.6) is 0 Å². The molecule has 180 valence electrons. The molecular weight excluding hydrogens is 406 g/mol. The fourth-order valence-corrected chi connectivity index (χ4v) is 4.21. The minimum atomic E-state index is -0.445. The van der Waals surface area contributed by atoms with Crippen molar-refractivity contribution in [1.82, 2.24) is 0 Å². The number of nitrogens with zero attached hydrogens (tertiary/aromatic N) is 1. The predicted molar refractivity (Wildman–Crippen MR) is 141 cm³/mol. The van der Waals surface area contributed by atoms with E-state index in [-0.39, 0.29) is 0 Å². The average Bonchev–Trinajstić information content (AvgIpc) is 2.86. The molecule has 0 bridgehead atoms. The number of carbonyl (C=O) groups is 2. The lowest BCUT2D eigenvalue weighted by Crippen LogP contribution is -2.26. The molecule has 2 rings (SSSR count).